The van der Waals surface area contributed by atoms with Gasteiger partial charge in [0.05, 0.1) is 0 Å². The van der Waals surface area contributed by atoms with Crippen molar-refractivity contribution in [3.8, 4) is 5.75 Å². The van der Waals surface area contributed by atoms with Crippen LogP contribution in [0.3, 0.4) is 0 Å². The Morgan fingerprint density at radius 3 is 2.54 bits per heavy atom. The number of fused-ring (bicyclic) bond motifs is 1. The summed E-state index contributed by atoms with van der Waals surface area (Å²) in [6, 6.07) is 14.2. The molecule has 0 fully saturated rings. The summed E-state index contributed by atoms with van der Waals surface area (Å²) in [6.07, 6.45) is 0.478. The lowest BCUT2D eigenvalue weighted by atomic mass is 10.1. The largest absolute Gasteiger partial charge is 0.489 e. The highest BCUT2D eigenvalue weighted by molar-refractivity contribution is 5.95. The van der Waals surface area contributed by atoms with Crippen molar-refractivity contribution in [3.63, 3.8) is 0 Å². The third kappa shape index (κ3) is 3.38. The van der Waals surface area contributed by atoms with Crippen molar-refractivity contribution in [1.29, 1.82) is 0 Å². The second kappa shape index (κ2) is 6.71. The van der Waals surface area contributed by atoms with E-state index in [0.717, 1.165) is 16.5 Å². The van der Waals surface area contributed by atoms with E-state index in [-0.39, 0.29) is 12.4 Å². The summed E-state index contributed by atoms with van der Waals surface area (Å²) in [5.74, 6) is 0.750. The molecule has 0 aliphatic heterocycles. The molecule has 2 aromatic carbocycles. The Bertz CT molecular complexity index is 936. The maximum atomic E-state index is 11.7. The van der Waals surface area contributed by atoms with Crippen LogP contribution in [0.15, 0.2) is 57.7 Å². The zero-order valence-electron chi connectivity index (χ0n) is 13.7. The fourth-order valence-corrected chi connectivity index (χ4v) is 2.56. The van der Waals surface area contributed by atoms with Gasteiger partial charge in [-0.2, -0.15) is 0 Å². The summed E-state index contributed by atoms with van der Waals surface area (Å²) < 4.78 is 11.0. The van der Waals surface area contributed by atoms with Crippen LogP contribution < -0.4 is 10.4 Å². The average molecular weight is 322 g/mol. The van der Waals surface area contributed by atoms with Gasteiger partial charge in [0.15, 0.2) is 5.78 Å². The van der Waals surface area contributed by atoms with Crippen molar-refractivity contribution in [3.05, 3.63) is 75.6 Å². The van der Waals surface area contributed by atoms with E-state index in [1.807, 2.05) is 32.0 Å². The van der Waals surface area contributed by atoms with Gasteiger partial charge in [-0.25, -0.2) is 4.79 Å². The van der Waals surface area contributed by atoms with Crippen molar-refractivity contribution in [1.82, 2.24) is 0 Å². The molecule has 0 saturated heterocycles. The SMILES string of the molecule is CCC(=O)c1ccc(OCc2cc(=O)oc3cc(C)ccc23)cc1. The Morgan fingerprint density at radius 2 is 1.83 bits per heavy atom. The number of rotatable bonds is 5. The summed E-state index contributed by atoms with van der Waals surface area (Å²) in [5.41, 5.74) is 2.64. The van der Waals surface area contributed by atoms with Crippen LogP contribution in [0.5, 0.6) is 5.75 Å². The second-order valence-corrected chi connectivity index (χ2v) is 5.68. The number of hydrogen-bond acceptors (Lipinski definition) is 4. The minimum atomic E-state index is -0.393. The first-order valence-corrected chi connectivity index (χ1v) is 7.86. The highest BCUT2D eigenvalue weighted by atomic mass is 16.5. The molecule has 3 aromatic rings. The Labute approximate surface area is 139 Å². The van der Waals surface area contributed by atoms with E-state index in [2.05, 4.69) is 0 Å². The Hall–Kier alpha value is -2.88. The zero-order valence-corrected chi connectivity index (χ0v) is 13.7. The quantitative estimate of drug-likeness (QED) is 0.520. The van der Waals surface area contributed by atoms with Crippen LogP contribution in [-0.4, -0.2) is 5.78 Å². The highest BCUT2D eigenvalue weighted by Gasteiger charge is 2.08. The van der Waals surface area contributed by atoms with Crippen LogP contribution in [0.4, 0.5) is 0 Å². The van der Waals surface area contributed by atoms with Crippen LogP contribution in [0, 0.1) is 6.92 Å². The molecule has 0 saturated carbocycles. The van der Waals surface area contributed by atoms with Gasteiger partial charge in [-0.3, -0.25) is 4.79 Å². The molecule has 0 N–H and O–H groups in total. The van der Waals surface area contributed by atoms with Crippen molar-refractivity contribution in [2.45, 2.75) is 26.9 Å². The molecule has 0 aliphatic carbocycles. The molecule has 0 atom stereocenters. The van der Waals surface area contributed by atoms with Crippen LogP contribution >= 0.6 is 0 Å². The Morgan fingerprint density at radius 1 is 1.08 bits per heavy atom. The van der Waals surface area contributed by atoms with Crippen molar-refractivity contribution < 1.29 is 13.9 Å². The predicted octanol–water partition coefficient (Wildman–Crippen LogP) is 4.27. The molecule has 4 heteroatoms. The number of ether oxygens (including phenoxy) is 1. The van der Waals surface area contributed by atoms with Gasteiger partial charge in [-0.1, -0.05) is 19.1 Å². The minimum Gasteiger partial charge on any atom is -0.489 e. The van der Waals surface area contributed by atoms with Crippen LogP contribution in [-0.2, 0) is 6.61 Å². The second-order valence-electron chi connectivity index (χ2n) is 5.68. The summed E-state index contributed by atoms with van der Waals surface area (Å²) in [7, 11) is 0. The third-order valence-corrected chi connectivity index (χ3v) is 3.88. The third-order valence-electron chi connectivity index (χ3n) is 3.88. The number of ketones is 1. The number of aryl methyl sites for hydroxylation is 1. The number of carbonyl (C=O) groups is 1. The van der Waals surface area contributed by atoms with Crippen LogP contribution in [0.2, 0.25) is 0 Å². The molecule has 0 radical (unpaired) electrons. The van der Waals surface area contributed by atoms with Gasteiger partial charge in [-0.05, 0) is 42.8 Å². The molecular weight excluding hydrogens is 304 g/mol. The van der Waals surface area contributed by atoms with Crippen LogP contribution in [0.1, 0.15) is 34.8 Å². The maximum Gasteiger partial charge on any atom is 0.336 e. The highest BCUT2D eigenvalue weighted by Crippen LogP contribution is 2.21. The van der Waals surface area contributed by atoms with Crippen molar-refractivity contribution >= 4 is 16.8 Å². The molecule has 0 aliphatic rings. The van der Waals surface area contributed by atoms with Gasteiger partial charge in [0.1, 0.15) is 17.9 Å². The lowest BCUT2D eigenvalue weighted by molar-refractivity contribution is 0.0988. The van der Waals surface area contributed by atoms with Gasteiger partial charge in [0.25, 0.3) is 0 Å². The van der Waals surface area contributed by atoms with Crippen molar-refractivity contribution in [2.24, 2.45) is 0 Å². The Balaban J connectivity index is 1.83. The molecule has 4 nitrogen and oxygen atoms in total. The number of Topliss-reactive ketones (excluding diaryl/α,β-unsaturated/α-hetero) is 1. The van der Waals surface area contributed by atoms with E-state index >= 15 is 0 Å². The van der Waals surface area contributed by atoms with E-state index in [4.69, 9.17) is 9.15 Å². The molecule has 0 amide bonds. The molecule has 0 unspecified atom stereocenters. The van der Waals surface area contributed by atoms with E-state index < -0.39 is 5.63 Å². The van der Waals surface area contributed by atoms with E-state index in [1.54, 1.807) is 24.3 Å². The first-order chi connectivity index (χ1) is 11.6. The van der Waals surface area contributed by atoms with Gasteiger partial charge in [-0.15, -0.1) is 0 Å². The summed E-state index contributed by atoms with van der Waals surface area (Å²) in [6.45, 7) is 4.04. The van der Waals surface area contributed by atoms with Gasteiger partial charge in [0, 0.05) is 29.0 Å². The summed E-state index contributed by atoms with van der Waals surface area (Å²) in [5, 5.41) is 0.859. The van der Waals surface area contributed by atoms with E-state index in [9.17, 15) is 9.59 Å². The first-order valence-electron chi connectivity index (χ1n) is 7.86. The van der Waals surface area contributed by atoms with Crippen molar-refractivity contribution in [2.75, 3.05) is 0 Å². The summed E-state index contributed by atoms with van der Waals surface area (Å²) in [4.78, 5) is 23.3. The average Bonchev–Trinajstić information content (AvgIpc) is 2.59. The molecule has 3 rings (SSSR count). The number of benzene rings is 2. The molecular formula is C20H18O4. The van der Waals surface area contributed by atoms with E-state index in [0.29, 0.717) is 23.3 Å². The molecule has 122 valence electrons. The fourth-order valence-electron chi connectivity index (χ4n) is 2.56. The molecule has 24 heavy (non-hydrogen) atoms. The van der Waals surface area contributed by atoms with E-state index in [1.165, 1.54) is 6.07 Å². The molecule has 0 spiro atoms. The standard InChI is InChI=1S/C20H18O4/c1-3-18(21)14-5-7-16(8-6-14)23-12-15-11-20(22)24-19-10-13(2)4-9-17(15)19/h4-11H,3,12H2,1-2H3. The lowest BCUT2D eigenvalue weighted by Crippen LogP contribution is -2.04. The summed E-state index contributed by atoms with van der Waals surface area (Å²) >= 11 is 0. The number of carbonyl (C=O) groups excluding carboxylic acids is 1. The normalized spacial score (nSPS) is 10.8. The predicted molar refractivity (Wildman–Crippen MR) is 92.6 cm³/mol. The van der Waals surface area contributed by atoms with Crippen LogP contribution in [0.25, 0.3) is 11.0 Å². The van der Waals surface area contributed by atoms with Gasteiger partial charge in [0.2, 0.25) is 0 Å². The molecule has 1 heterocycles. The molecule has 1 aromatic heterocycles. The Kier molecular flexibility index (Phi) is 4.47. The smallest absolute Gasteiger partial charge is 0.336 e. The first kappa shape index (κ1) is 16.0. The minimum absolute atomic E-state index is 0.101. The zero-order chi connectivity index (χ0) is 17.1. The topological polar surface area (TPSA) is 56.5 Å². The maximum absolute atomic E-state index is 11.7. The van der Waals surface area contributed by atoms with Gasteiger partial charge < -0.3 is 9.15 Å². The van der Waals surface area contributed by atoms with Gasteiger partial charge >= 0.3 is 5.63 Å². The molecule has 0 bridgehead atoms. The fraction of sp³-hybridized carbons (Fsp3) is 0.200. The lowest BCUT2D eigenvalue weighted by Gasteiger charge is -2.09. The number of hydrogen-bond donors (Lipinski definition) is 0. The monoisotopic (exact) mass is 322 g/mol.